The summed E-state index contributed by atoms with van der Waals surface area (Å²) in [5, 5.41) is 5.23. The summed E-state index contributed by atoms with van der Waals surface area (Å²) in [6.45, 7) is 4.36. The van der Waals surface area contributed by atoms with Crippen LogP contribution in [-0.4, -0.2) is 35.3 Å². The van der Waals surface area contributed by atoms with Crippen LogP contribution >= 0.6 is 0 Å². The van der Waals surface area contributed by atoms with Crippen LogP contribution in [0.3, 0.4) is 0 Å². The Balaban J connectivity index is 1.55. The van der Waals surface area contributed by atoms with E-state index in [0.29, 0.717) is 11.7 Å². The van der Waals surface area contributed by atoms with Crippen molar-refractivity contribution in [2.45, 2.75) is 19.8 Å². The van der Waals surface area contributed by atoms with Crippen molar-refractivity contribution < 1.29 is 9.26 Å². The van der Waals surface area contributed by atoms with Crippen molar-refractivity contribution in [2.75, 3.05) is 25.1 Å². The van der Waals surface area contributed by atoms with E-state index in [-0.39, 0.29) is 0 Å². The number of pyridine rings is 1. The van der Waals surface area contributed by atoms with Crippen LogP contribution in [0.1, 0.15) is 19.8 Å². The van der Waals surface area contributed by atoms with E-state index in [1.165, 1.54) is 12.8 Å². The predicted molar refractivity (Wildman–Crippen MR) is 118 cm³/mol. The maximum atomic E-state index is 5.69. The summed E-state index contributed by atoms with van der Waals surface area (Å²) in [6, 6.07) is 17.8. The second-order valence-electron chi connectivity index (χ2n) is 7.87. The molecule has 1 aliphatic rings. The van der Waals surface area contributed by atoms with Gasteiger partial charge in [0.05, 0.1) is 18.2 Å². The number of ether oxygens (including phenoxy) is 1. The Morgan fingerprint density at radius 1 is 1.00 bits per heavy atom. The zero-order chi connectivity index (χ0) is 20.5. The van der Waals surface area contributed by atoms with Gasteiger partial charge in [-0.2, -0.15) is 4.98 Å². The van der Waals surface area contributed by atoms with Crippen molar-refractivity contribution in [1.29, 1.82) is 0 Å². The fourth-order valence-electron chi connectivity index (χ4n) is 3.93. The maximum absolute atomic E-state index is 5.69. The Morgan fingerprint density at radius 3 is 2.53 bits per heavy atom. The Kier molecular flexibility index (Phi) is 4.83. The minimum absolute atomic E-state index is 0.506. The molecule has 6 heteroatoms. The van der Waals surface area contributed by atoms with Crippen LogP contribution in [-0.2, 0) is 0 Å². The molecule has 0 atom stereocenters. The van der Waals surface area contributed by atoms with Crippen LogP contribution < -0.4 is 9.64 Å². The first kappa shape index (κ1) is 18.6. The third-order valence-corrected chi connectivity index (χ3v) is 5.81. The molecule has 0 aliphatic carbocycles. The van der Waals surface area contributed by atoms with Gasteiger partial charge in [-0.25, -0.2) is 4.98 Å². The molecule has 0 saturated carbocycles. The number of hydrogen-bond donors (Lipinski definition) is 0. The van der Waals surface area contributed by atoms with Crippen LogP contribution in [0.4, 0.5) is 5.82 Å². The molecule has 30 heavy (non-hydrogen) atoms. The maximum Gasteiger partial charge on any atom is 0.259 e. The van der Waals surface area contributed by atoms with Crippen LogP contribution in [0.15, 0.2) is 59.1 Å². The number of hydrogen-bond acceptors (Lipinski definition) is 6. The molecular weight excluding hydrogens is 376 g/mol. The van der Waals surface area contributed by atoms with Gasteiger partial charge in [0, 0.05) is 24.0 Å². The van der Waals surface area contributed by atoms with E-state index < -0.39 is 0 Å². The van der Waals surface area contributed by atoms with Gasteiger partial charge in [0.15, 0.2) is 0 Å². The van der Waals surface area contributed by atoms with E-state index in [2.05, 4.69) is 34.1 Å². The van der Waals surface area contributed by atoms with E-state index in [9.17, 15) is 0 Å². The molecule has 3 heterocycles. The average molecular weight is 400 g/mol. The van der Waals surface area contributed by atoms with Gasteiger partial charge in [-0.05, 0) is 55.2 Å². The van der Waals surface area contributed by atoms with Crippen molar-refractivity contribution in [3.8, 4) is 28.6 Å². The number of aromatic nitrogens is 3. The minimum Gasteiger partial charge on any atom is -0.497 e. The first-order valence-corrected chi connectivity index (χ1v) is 10.3. The highest BCUT2D eigenvalue weighted by Gasteiger charge is 2.21. The van der Waals surface area contributed by atoms with Gasteiger partial charge in [0.2, 0.25) is 5.82 Å². The predicted octanol–water partition coefficient (Wildman–Crippen LogP) is 5.20. The van der Waals surface area contributed by atoms with Gasteiger partial charge in [-0.3, -0.25) is 0 Å². The summed E-state index contributed by atoms with van der Waals surface area (Å²) >= 11 is 0. The molecule has 0 spiro atoms. The molecule has 0 radical (unpaired) electrons. The molecule has 152 valence electrons. The Bertz CT molecular complexity index is 1160. The number of rotatable bonds is 4. The van der Waals surface area contributed by atoms with Crippen molar-refractivity contribution in [1.82, 2.24) is 15.1 Å². The third kappa shape index (κ3) is 3.49. The van der Waals surface area contributed by atoms with E-state index in [1.807, 2.05) is 42.5 Å². The zero-order valence-corrected chi connectivity index (χ0v) is 17.2. The van der Waals surface area contributed by atoms with E-state index in [4.69, 9.17) is 14.2 Å². The highest BCUT2D eigenvalue weighted by molar-refractivity contribution is 5.94. The Morgan fingerprint density at radius 2 is 1.77 bits per heavy atom. The molecule has 1 fully saturated rings. The molecule has 1 aliphatic heterocycles. The van der Waals surface area contributed by atoms with Gasteiger partial charge >= 0.3 is 0 Å². The van der Waals surface area contributed by atoms with Gasteiger partial charge in [0.1, 0.15) is 11.6 Å². The number of methoxy groups -OCH3 is 1. The summed E-state index contributed by atoms with van der Waals surface area (Å²) in [5.41, 5.74) is 2.74. The van der Waals surface area contributed by atoms with Gasteiger partial charge in [0.25, 0.3) is 5.89 Å². The zero-order valence-electron chi connectivity index (χ0n) is 17.2. The lowest BCUT2D eigenvalue weighted by molar-refractivity contribution is 0.415. The smallest absolute Gasteiger partial charge is 0.259 e. The second kappa shape index (κ2) is 7.78. The highest BCUT2D eigenvalue weighted by Crippen LogP contribution is 2.33. The molecule has 2 aromatic carbocycles. The van der Waals surface area contributed by atoms with Gasteiger partial charge < -0.3 is 14.2 Å². The largest absolute Gasteiger partial charge is 0.497 e. The van der Waals surface area contributed by atoms with Crippen molar-refractivity contribution >= 4 is 16.7 Å². The highest BCUT2D eigenvalue weighted by atomic mass is 16.5. The van der Waals surface area contributed by atoms with E-state index in [1.54, 1.807) is 7.11 Å². The lowest BCUT2D eigenvalue weighted by Crippen LogP contribution is -2.33. The molecule has 0 bridgehead atoms. The van der Waals surface area contributed by atoms with Gasteiger partial charge in [-0.1, -0.05) is 30.3 Å². The van der Waals surface area contributed by atoms with Crippen molar-refractivity contribution in [2.24, 2.45) is 5.92 Å². The standard InChI is InChI=1S/C24H24N4O2/c1-16-11-13-28(14-12-16)22-15-20(19-5-3-4-6-21(19)25-22)24-26-23(27-30-24)17-7-9-18(29-2)10-8-17/h3-10,15-16H,11-14H2,1-2H3. The molecule has 6 nitrogen and oxygen atoms in total. The molecule has 4 aromatic rings. The summed E-state index contributed by atoms with van der Waals surface area (Å²) in [6.07, 6.45) is 2.37. The quantitative estimate of drug-likeness (QED) is 0.469. The Labute approximate surface area is 175 Å². The minimum atomic E-state index is 0.506. The summed E-state index contributed by atoms with van der Waals surface area (Å²) < 4.78 is 10.9. The molecule has 0 N–H and O–H groups in total. The number of para-hydroxylation sites is 1. The summed E-state index contributed by atoms with van der Waals surface area (Å²) in [7, 11) is 1.65. The molecule has 0 unspecified atom stereocenters. The second-order valence-corrected chi connectivity index (χ2v) is 7.87. The normalized spacial score (nSPS) is 14.9. The first-order chi connectivity index (χ1) is 14.7. The number of anilines is 1. The molecule has 2 aromatic heterocycles. The monoisotopic (exact) mass is 400 g/mol. The number of nitrogens with zero attached hydrogens (tertiary/aromatic N) is 4. The first-order valence-electron chi connectivity index (χ1n) is 10.3. The van der Waals surface area contributed by atoms with E-state index in [0.717, 1.165) is 52.6 Å². The van der Waals surface area contributed by atoms with Crippen LogP contribution in [0, 0.1) is 5.92 Å². The number of piperidine rings is 1. The number of fused-ring (bicyclic) bond motifs is 1. The van der Waals surface area contributed by atoms with Crippen LogP contribution in [0.2, 0.25) is 0 Å². The molecule has 5 rings (SSSR count). The van der Waals surface area contributed by atoms with Crippen LogP contribution in [0.25, 0.3) is 33.7 Å². The van der Waals surface area contributed by atoms with Crippen LogP contribution in [0.5, 0.6) is 5.75 Å². The Hall–Kier alpha value is -3.41. The molecular formula is C24H24N4O2. The van der Waals surface area contributed by atoms with Gasteiger partial charge in [-0.15, -0.1) is 0 Å². The van der Waals surface area contributed by atoms with E-state index >= 15 is 0 Å². The fourth-order valence-corrected chi connectivity index (χ4v) is 3.93. The third-order valence-electron chi connectivity index (χ3n) is 5.81. The summed E-state index contributed by atoms with van der Waals surface area (Å²) in [5.74, 6) is 3.60. The van der Waals surface area contributed by atoms with Crippen molar-refractivity contribution in [3.63, 3.8) is 0 Å². The number of benzene rings is 2. The van der Waals surface area contributed by atoms with Crippen molar-refractivity contribution in [3.05, 3.63) is 54.6 Å². The lowest BCUT2D eigenvalue weighted by Gasteiger charge is -2.31. The lowest BCUT2D eigenvalue weighted by atomic mass is 9.99. The SMILES string of the molecule is COc1ccc(-c2noc(-c3cc(N4CCC(C)CC4)nc4ccccc34)n2)cc1. The summed E-state index contributed by atoms with van der Waals surface area (Å²) in [4.78, 5) is 12.0. The fraction of sp³-hybridized carbons (Fsp3) is 0.292. The average Bonchev–Trinajstić information content (AvgIpc) is 3.29. The molecule has 0 amide bonds. The topological polar surface area (TPSA) is 64.3 Å². The molecule has 1 saturated heterocycles.